The molecule has 0 saturated heterocycles. The molecule has 0 fully saturated rings. The number of aliphatic imine (C=N–C) groups is 1. The van der Waals surface area contributed by atoms with Gasteiger partial charge in [0.1, 0.15) is 5.02 Å². The van der Waals surface area contributed by atoms with Crippen LogP contribution in [0.25, 0.3) is 6.08 Å². The van der Waals surface area contributed by atoms with Crippen molar-refractivity contribution < 1.29 is 14.5 Å². The summed E-state index contributed by atoms with van der Waals surface area (Å²) in [7, 11) is 0. The number of nitro groups is 1. The minimum atomic E-state index is -0.650. The molecule has 6 nitrogen and oxygen atoms in total. The molecule has 0 aromatic heterocycles. The molecule has 8 heteroatoms. The van der Waals surface area contributed by atoms with E-state index >= 15 is 0 Å². The van der Waals surface area contributed by atoms with Crippen LogP contribution in [0.3, 0.4) is 0 Å². The smallest absolute Gasteiger partial charge is 0.363 e. The van der Waals surface area contributed by atoms with Gasteiger partial charge >= 0.3 is 5.97 Å². The molecule has 2 aromatic carbocycles. The van der Waals surface area contributed by atoms with E-state index in [1.54, 1.807) is 30.3 Å². The van der Waals surface area contributed by atoms with Crippen molar-refractivity contribution in [2.75, 3.05) is 0 Å². The number of nitrogens with zero attached hydrogens (tertiary/aromatic N) is 2. The first-order valence-corrected chi connectivity index (χ1v) is 7.42. The number of hydrogen-bond donors (Lipinski definition) is 0. The summed E-state index contributed by atoms with van der Waals surface area (Å²) in [5.41, 5.74) is 0.744. The number of hydrogen-bond acceptors (Lipinski definition) is 5. The van der Waals surface area contributed by atoms with Crippen LogP contribution in [0.15, 0.2) is 53.2 Å². The normalized spacial score (nSPS) is 15.3. The van der Waals surface area contributed by atoms with Gasteiger partial charge in [0.25, 0.3) is 5.69 Å². The molecular weight excluding hydrogens is 355 g/mol. The van der Waals surface area contributed by atoms with Gasteiger partial charge in [-0.05, 0) is 35.9 Å². The molecule has 0 amide bonds. The number of benzene rings is 2. The van der Waals surface area contributed by atoms with E-state index in [1.165, 1.54) is 18.2 Å². The minimum Gasteiger partial charge on any atom is -0.402 e. The minimum absolute atomic E-state index is 0.0132. The van der Waals surface area contributed by atoms with Crippen LogP contribution in [0.1, 0.15) is 11.1 Å². The molecule has 0 atom stereocenters. The zero-order valence-corrected chi connectivity index (χ0v) is 13.4. The Bertz CT molecular complexity index is 922. The Labute approximate surface area is 146 Å². The van der Waals surface area contributed by atoms with Gasteiger partial charge in [0.15, 0.2) is 5.70 Å². The zero-order valence-electron chi connectivity index (χ0n) is 11.9. The largest absolute Gasteiger partial charge is 0.402 e. The molecule has 0 radical (unpaired) electrons. The molecule has 2 aromatic rings. The molecule has 0 saturated carbocycles. The monoisotopic (exact) mass is 362 g/mol. The highest BCUT2D eigenvalue weighted by atomic mass is 35.5. The quantitative estimate of drug-likeness (QED) is 0.353. The van der Waals surface area contributed by atoms with Crippen molar-refractivity contribution in [1.29, 1.82) is 0 Å². The summed E-state index contributed by atoms with van der Waals surface area (Å²) in [6.07, 6.45) is 1.39. The maximum absolute atomic E-state index is 11.9. The van der Waals surface area contributed by atoms with Crippen molar-refractivity contribution in [2.24, 2.45) is 4.99 Å². The van der Waals surface area contributed by atoms with E-state index in [0.29, 0.717) is 16.1 Å². The van der Waals surface area contributed by atoms with E-state index in [1.807, 2.05) is 0 Å². The number of carbonyl (C=O) groups is 1. The fraction of sp³-hybridized carbons (Fsp3) is 0. The van der Waals surface area contributed by atoms with Crippen LogP contribution in [0.5, 0.6) is 0 Å². The number of halogens is 2. The van der Waals surface area contributed by atoms with Gasteiger partial charge in [-0.25, -0.2) is 9.79 Å². The number of cyclic esters (lactones) is 1. The van der Waals surface area contributed by atoms with Crippen molar-refractivity contribution in [3.63, 3.8) is 0 Å². The highest BCUT2D eigenvalue weighted by molar-refractivity contribution is 6.32. The first-order valence-electron chi connectivity index (χ1n) is 6.66. The van der Waals surface area contributed by atoms with Gasteiger partial charge in [0.2, 0.25) is 5.90 Å². The third kappa shape index (κ3) is 3.29. The maximum atomic E-state index is 11.9. The van der Waals surface area contributed by atoms with Crippen LogP contribution < -0.4 is 0 Å². The summed E-state index contributed by atoms with van der Waals surface area (Å²) in [6.45, 7) is 0. The summed E-state index contributed by atoms with van der Waals surface area (Å²) in [5.74, 6) is -0.528. The van der Waals surface area contributed by atoms with Crippen LogP contribution in [-0.2, 0) is 9.53 Å². The average Bonchev–Trinajstić information content (AvgIpc) is 2.90. The van der Waals surface area contributed by atoms with Gasteiger partial charge in [0, 0.05) is 16.7 Å². The molecule has 0 aliphatic carbocycles. The zero-order chi connectivity index (χ0) is 17.3. The Morgan fingerprint density at radius 2 is 1.96 bits per heavy atom. The molecule has 1 aliphatic rings. The van der Waals surface area contributed by atoms with Crippen LogP contribution in [0.4, 0.5) is 5.69 Å². The summed E-state index contributed by atoms with van der Waals surface area (Å²) >= 11 is 11.7. The number of carbonyl (C=O) groups excluding carboxylic acids is 1. The third-order valence-corrected chi connectivity index (χ3v) is 3.72. The molecular formula is C16H8Cl2N2O4. The second-order valence-electron chi connectivity index (χ2n) is 4.81. The van der Waals surface area contributed by atoms with E-state index in [9.17, 15) is 14.9 Å². The average molecular weight is 363 g/mol. The van der Waals surface area contributed by atoms with Crippen LogP contribution in [0.2, 0.25) is 10.0 Å². The molecule has 0 N–H and O–H groups in total. The third-order valence-electron chi connectivity index (χ3n) is 3.16. The molecule has 24 heavy (non-hydrogen) atoms. The number of nitro benzene ring substituents is 1. The number of rotatable bonds is 3. The van der Waals surface area contributed by atoms with Crippen molar-refractivity contribution in [2.45, 2.75) is 0 Å². The summed E-state index contributed by atoms with van der Waals surface area (Å²) in [4.78, 5) is 26.4. The topological polar surface area (TPSA) is 81.8 Å². The predicted octanol–water partition coefficient (Wildman–Crippen LogP) is 4.25. The van der Waals surface area contributed by atoms with E-state index in [-0.39, 0.29) is 22.3 Å². The summed E-state index contributed by atoms with van der Waals surface area (Å²) in [5, 5.41) is 11.4. The first kappa shape index (κ1) is 16.2. The second-order valence-corrected chi connectivity index (χ2v) is 5.66. The molecule has 1 heterocycles. The summed E-state index contributed by atoms with van der Waals surface area (Å²) < 4.78 is 5.11. The van der Waals surface area contributed by atoms with Crippen LogP contribution >= 0.6 is 23.2 Å². The Hall–Kier alpha value is -2.70. The lowest BCUT2D eigenvalue weighted by Gasteiger charge is -1.99. The molecule has 120 valence electrons. The lowest BCUT2D eigenvalue weighted by molar-refractivity contribution is -0.384. The van der Waals surface area contributed by atoms with Gasteiger partial charge in [0.05, 0.1) is 4.92 Å². The second kappa shape index (κ2) is 6.43. The van der Waals surface area contributed by atoms with Crippen LogP contribution in [-0.4, -0.2) is 16.8 Å². The van der Waals surface area contributed by atoms with Crippen molar-refractivity contribution >= 4 is 46.8 Å². The molecule has 0 unspecified atom stereocenters. The Balaban J connectivity index is 1.97. The Morgan fingerprint density at radius 3 is 2.67 bits per heavy atom. The molecule has 3 rings (SSSR count). The highest BCUT2D eigenvalue weighted by Gasteiger charge is 2.24. The van der Waals surface area contributed by atoms with Crippen molar-refractivity contribution in [3.05, 3.63) is 79.4 Å². The Kier molecular flexibility index (Phi) is 4.33. The highest BCUT2D eigenvalue weighted by Crippen LogP contribution is 2.27. The van der Waals surface area contributed by atoms with Crippen LogP contribution in [0, 0.1) is 10.1 Å². The SMILES string of the molecule is O=C1OC(c2cccc(Cl)c2)=N/C1=C\c1ccc(Cl)c([N+](=O)[O-])c1. The first-order chi connectivity index (χ1) is 11.4. The fourth-order valence-electron chi connectivity index (χ4n) is 2.07. The lowest BCUT2D eigenvalue weighted by atomic mass is 10.1. The van der Waals surface area contributed by atoms with Gasteiger partial charge in [-0.2, -0.15) is 0 Å². The van der Waals surface area contributed by atoms with Gasteiger partial charge in [-0.3, -0.25) is 10.1 Å². The predicted molar refractivity (Wildman–Crippen MR) is 90.2 cm³/mol. The molecule has 0 bridgehead atoms. The molecule has 1 aliphatic heterocycles. The fourth-order valence-corrected chi connectivity index (χ4v) is 2.45. The van der Waals surface area contributed by atoms with Crippen molar-refractivity contribution in [1.82, 2.24) is 0 Å². The summed E-state index contributed by atoms with van der Waals surface area (Å²) in [6, 6.07) is 10.9. The van der Waals surface area contributed by atoms with E-state index < -0.39 is 10.9 Å². The van der Waals surface area contributed by atoms with Crippen molar-refractivity contribution in [3.8, 4) is 0 Å². The standard InChI is InChI=1S/C16H8Cl2N2O4/c17-11-3-1-2-10(8-11)15-19-13(16(21)24-15)6-9-4-5-12(18)14(7-9)20(22)23/h1-8H/b13-6-. The number of ether oxygens (including phenoxy) is 1. The van der Waals surface area contributed by atoms with E-state index in [2.05, 4.69) is 4.99 Å². The van der Waals surface area contributed by atoms with Gasteiger partial charge in [-0.1, -0.05) is 35.3 Å². The lowest BCUT2D eigenvalue weighted by Crippen LogP contribution is -2.05. The maximum Gasteiger partial charge on any atom is 0.363 e. The Morgan fingerprint density at radius 1 is 1.17 bits per heavy atom. The molecule has 0 spiro atoms. The number of esters is 1. The van der Waals surface area contributed by atoms with Gasteiger partial charge in [-0.15, -0.1) is 0 Å². The van der Waals surface area contributed by atoms with E-state index in [4.69, 9.17) is 27.9 Å². The van der Waals surface area contributed by atoms with E-state index in [0.717, 1.165) is 0 Å². The van der Waals surface area contributed by atoms with Gasteiger partial charge < -0.3 is 4.74 Å².